The number of nitrogens with zero attached hydrogens (tertiary/aromatic N) is 3. The number of methoxy groups -OCH3 is 2. The summed E-state index contributed by atoms with van der Waals surface area (Å²) in [7, 11) is 2.44. The molecular weight excluding hydrogens is 438 g/mol. The van der Waals surface area contributed by atoms with Gasteiger partial charge in [0.25, 0.3) is 0 Å². The SMILES string of the molecule is COC(=O)c1c(-c2ccc(-c3cc(C(=O)O)ccn3)cc2)nn(-c2ccccc2)c1C(=O)OC. The van der Waals surface area contributed by atoms with Crippen molar-refractivity contribution in [1.29, 1.82) is 0 Å². The van der Waals surface area contributed by atoms with E-state index in [9.17, 15) is 19.5 Å². The van der Waals surface area contributed by atoms with E-state index in [2.05, 4.69) is 10.1 Å². The van der Waals surface area contributed by atoms with Crippen LogP contribution < -0.4 is 0 Å². The summed E-state index contributed by atoms with van der Waals surface area (Å²) in [5.41, 5.74) is 2.50. The molecule has 9 nitrogen and oxygen atoms in total. The molecule has 9 heteroatoms. The van der Waals surface area contributed by atoms with Crippen LogP contribution in [0.25, 0.3) is 28.2 Å². The number of esters is 2. The molecule has 0 aliphatic heterocycles. The number of rotatable bonds is 6. The van der Waals surface area contributed by atoms with Gasteiger partial charge in [0, 0.05) is 17.3 Å². The van der Waals surface area contributed by atoms with Gasteiger partial charge in [0.05, 0.1) is 31.2 Å². The third-order valence-corrected chi connectivity index (χ3v) is 5.12. The number of ether oxygens (including phenoxy) is 2. The highest BCUT2D eigenvalue weighted by Crippen LogP contribution is 2.30. The van der Waals surface area contributed by atoms with Gasteiger partial charge in [-0.3, -0.25) is 4.98 Å². The van der Waals surface area contributed by atoms with Crippen LogP contribution in [0.15, 0.2) is 72.9 Å². The monoisotopic (exact) mass is 457 g/mol. The largest absolute Gasteiger partial charge is 0.478 e. The van der Waals surface area contributed by atoms with E-state index < -0.39 is 17.9 Å². The summed E-state index contributed by atoms with van der Waals surface area (Å²) in [6, 6.07) is 18.6. The minimum atomic E-state index is -1.05. The molecule has 34 heavy (non-hydrogen) atoms. The normalized spacial score (nSPS) is 10.5. The molecule has 2 aromatic heterocycles. The van der Waals surface area contributed by atoms with Crippen LogP contribution in [0, 0.1) is 0 Å². The van der Waals surface area contributed by atoms with Crippen molar-refractivity contribution in [2.45, 2.75) is 0 Å². The number of aromatic carboxylic acids is 1. The number of aromatic nitrogens is 3. The summed E-state index contributed by atoms with van der Waals surface area (Å²) in [5, 5.41) is 13.8. The molecule has 0 amide bonds. The zero-order valence-corrected chi connectivity index (χ0v) is 18.3. The minimum Gasteiger partial charge on any atom is -0.478 e. The molecule has 0 saturated heterocycles. The maximum Gasteiger partial charge on any atom is 0.357 e. The van der Waals surface area contributed by atoms with Crippen molar-refractivity contribution in [2.24, 2.45) is 0 Å². The molecule has 0 bridgehead atoms. The van der Waals surface area contributed by atoms with Crippen LogP contribution in [-0.4, -0.2) is 52.0 Å². The summed E-state index contributed by atoms with van der Waals surface area (Å²) in [5.74, 6) is -2.53. The predicted molar refractivity (Wildman–Crippen MR) is 122 cm³/mol. The second-order valence-corrected chi connectivity index (χ2v) is 7.11. The zero-order chi connectivity index (χ0) is 24.2. The van der Waals surface area contributed by atoms with Crippen molar-refractivity contribution in [2.75, 3.05) is 14.2 Å². The lowest BCUT2D eigenvalue weighted by atomic mass is 10.0. The molecule has 0 radical (unpaired) electrons. The first-order chi connectivity index (χ1) is 16.4. The number of carbonyl (C=O) groups is 3. The highest BCUT2D eigenvalue weighted by Gasteiger charge is 2.31. The number of hydrogen-bond acceptors (Lipinski definition) is 7. The van der Waals surface area contributed by atoms with Crippen LogP contribution in [0.1, 0.15) is 31.2 Å². The Balaban J connectivity index is 1.86. The molecule has 2 heterocycles. The third kappa shape index (κ3) is 4.14. The average molecular weight is 457 g/mol. The molecule has 1 N–H and O–H groups in total. The van der Waals surface area contributed by atoms with Gasteiger partial charge in [-0.1, -0.05) is 42.5 Å². The fourth-order valence-electron chi connectivity index (χ4n) is 3.48. The lowest BCUT2D eigenvalue weighted by Gasteiger charge is -2.07. The molecule has 0 spiro atoms. The molecule has 170 valence electrons. The second-order valence-electron chi connectivity index (χ2n) is 7.11. The van der Waals surface area contributed by atoms with Crippen LogP contribution in [0.2, 0.25) is 0 Å². The van der Waals surface area contributed by atoms with Gasteiger partial charge in [-0.15, -0.1) is 0 Å². The number of carboxylic acid groups (broad SMARTS) is 1. The van der Waals surface area contributed by atoms with Crippen molar-refractivity contribution in [3.63, 3.8) is 0 Å². The third-order valence-electron chi connectivity index (χ3n) is 5.12. The Morgan fingerprint density at radius 3 is 2.12 bits per heavy atom. The lowest BCUT2D eigenvalue weighted by Crippen LogP contribution is -2.15. The number of benzene rings is 2. The first kappa shape index (κ1) is 22.4. The highest BCUT2D eigenvalue weighted by atomic mass is 16.5. The molecule has 2 aromatic carbocycles. The van der Waals surface area contributed by atoms with Crippen molar-refractivity contribution < 1.29 is 29.0 Å². The topological polar surface area (TPSA) is 121 Å². The molecule has 0 unspecified atom stereocenters. The van der Waals surface area contributed by atoms with E-state index in [1.54, 1.807) is 48.5 Å². The van der Waals surface area contributed by atoms with Gasteiger partial charge in [-0.2, -0.15) is 5.10 Å². The van der Waals surface area contributed by atoms with Gasteiger partial charge < -0.3 is 14.6 Å². The number of pyridine rings is 1. The van der Waals surface area contributed by atoms with Gasteiger partial charge in [0.1, 0.15) is 11.3 Å². The molecular formula is C25H19N3O6. The zero-order valence-electron chi connectivity index (χ0n) is 18.3. The molecule has 0 atom stereocenters. The van der Waals surface area contributed by atoms with E-state index in [1.807, 2.05) is 6.07 Å². The van der Waals surface area contributed by atoms with Crippen molar-refractivity contribution in [1.82, 2.24) is 14.8 Å². The Labute approximate surface area is 194 Å². The molecule has 0 aliphatic carbocycles. The summed E-state index contributed by atoms with van der Waals surface area (Å²) in [6.45, 7) is 0. The number of para-hydroxylation sites is 1. The first-order valence-corrected chi connectivity index (χ1v) is 10.1. The first-order valence-electron chi connectivity index (χ1n) is 10.1. The molecule has 0 aliphatic rings. The van der Waals surface area contributed by atoms with E-state index in [-0.39, 0.29) is 22.5 Å². The fourth-order valence-corrected chi connectivity index (χ4v) is 3.48. The van der Waals surface area contributed by atoms with Gasteiger partial charge in [-0.25, -0.2) is 19.1 Å². The maximum absolute atomic E-state index is 12.7. The van der Waals surface area contributed by atoms with Crippen LogP contribution >= 0.6 is 0 Å². The van der Waals surface area contributed by atoms with Crippen molar-refractivity contribution in [3.8, 4) is 28.2 Å². The molecule has 0 fully saturated rings. The van der Waals surface area contributed by atoms with Crippen LogP contribution in [0.5, 0.6) is 0 Å². The molecule has 4 rings (SSSR count). The van der Waals surface area contributed by atoms with E-state index in [0.29, 0.717) is 22.5 Å². The van der Waals surface area contributed by atoms with Crippen LogP contribution in [-0.2, 0) is 9.47 Å². The Morgan fingerprint density at radius 1 is 0.853 bits per heavy atom. The Kier molecular flexibility index (Phi) is 6.18. The standard InChI is InChI=1S/C25H19N3O6/c1-33-24(31)20-21(27-28(22(20)25(32)34-2)18-6-4-3-5-7-18)16-10-8-15(9-11-16)19-14-17(23(29)30)12-13-26-19/h3-14H,1-2H3,(H,29,30). The summed E-state index contributed by atoms with van der Waals surface area (Å²) >= 11 is 0. The lowest BCUT2D eigenvalue weighted by molar-refractivity contribution is 0.0549. The van der Waals surface area contributed by atoms with Crippen molar-refractivity contribution in [3.05, 3.63) is 89.7 Å². The van der Waals surface area contributed by atoms with E-state index in [4.69, 9.17) is 9.47 Å². The van der Waals surface area contributed by atoms with Gasteiger partial charge >= 0.3 is 17.9 Å². The number of carbonyl (C=O) groups excluding carboxylic acids is 2. The quantitative estimate of drug-likeness (QED) is 0.433. The Morgan fingerprint density at radius 2 is 1.50 bits per heavy atom. The number of carboxylic acids is 1. The summed E-state index contributed by atoms with van der Waals surface area (Å²) in [6.07, 6.45) is 1.42. The fraction of sp³-hybridized carbons (Fsp3) is 0.0800. The average Bonchev–Trinajstić information content (AvgIpc) is 3.29. The van der Waals surface area contributed by atoms with Crippen molar-refractivity contribution >= 4 is 17.9 Å². The van der Waals surface area contributed by atoms with E-state index in [1.165, 1.54) is 37.2 Å². The molecule has 4 aromatic rings. The number of hydrogen-bond donors (Lipinski definition) is 1. The molecule has 0 saturated carbocycles. The van der Waals surface area contributed by atoms with Crippen LogP contribution in [0.3, 0.4) is 0 Å². The Hall–Kier alpha value is -4.79. The smallest absolute Gasteiger partial charge is 0.357 e. The predicted octanol–water partition coefficient (Wildman–Crippen LogP) is 3.87. The highest BCUT2D eigenvalue weighted by molar-refractivity contribution is 6.06. The van der Waals surface area contributed by atoms with E-state index >= 15 is 0 Å². The van der Waals surface area contributed by atoms with Crippen LogP contribution in [0.4, 0.5) is 0 Å². The summed E-state index contributed by atoms with van der Waals surface area (Å²) in [4.78, 5) is 40.9. The van der Waals surface area contributed by atoms with Gasteiger partial charge in [-0.05, 0) is 24.3 Å². The Bertz CT molecular complexity index is 1380. The van der Waals surface area contributed by atoms with E-state index in [0.717, 1.165) is 0 Å². The van der Waals surface area contributed by atoms with Gasteiger partial charge in [0.15, 0.2) is 5.69 Å². The van der Waals surface area contributed by atoms with Gasteiger partial charge in [0.2, 0.25) is 0 Å². The maximum atomic E-state index is 12.7. The second kappa shape index (κ2) is 9.37. The minimum absolute atomic E-state index is 0.0306. The summed E-state index contributed by atoms with van der Waals surface area (Å²) < 4.78 is 11.2.